The molecule has 2 unspecified atom stereocenters. The van der Waals surface area contributed by atoms with Crippen molar-refractivity contribution in [3.05, 3.63) is 33.4 Å². The van der Waals surface area contributed by atoms with E-state index in [1.807, 2.05) is 24.3 Å². The number of benzene rings is 1. The van der Waals surface area contributed by atoms with Crippen LogP contribution in [-0.2, 0) is 9.53 Å². The fourth-order valence-corrected chi connectivity index (χ4v) is 2.34. The zero-order valence-electron chi connectivity index (χ0n) is 8.02. The van der Waals surface area contributed by atoms with Crippen LogP contribution in [0.4, 0.5) is 0 Å². The molecule has 1 aromatic carbocycles. The summed E-state index contributed by atoms with van der Waals surface area (Å²) >= 11 is 2.24. The average Bonchev–Trinajstić information content (AvgIpc) is 2.66. The van der Waals surface area contributed by atoms with E-state index in [4.69, 9.17) is 9.84 Å². The van der Waals surface area contributed by atoms with E-state index in [0.717, 1.165) is 15.6 Å². The normalized spacial score (nSPS) is 25.4. The Kier molecular flexibility index (Phi) is 3.25. The van der Waals surface area contributed by atoms with Crippen LogP contribution in [0.1, 0.15) is 24.5 Å². The maximum Gasteiger partial charge on any atom is 0.332 e. The van der Waals surface area contributed by atoms with Crippen LogP contribution in [0.25, 0.3) is 0 Å². The molecule has 2 atom stereocenters. The van der Waals surface area contributed by atoms with Gasteiger partial charge in [0.15, 0.2) is 6.10 Å². The topological polar surface area (TPSA) is 46.5 Å². The number of carboxylic acids is 1. The number of carbonyl (C=O) groups is 1. The maximum absolute atomic E-state index is 10.7. The third-order valence-electron chi connectivity index (χ3n) is 2.52. The van der Waals surface area contributed by atoms with Crippen molar-refractivity contribution in [1.82, 2.24) is 0 Å². The van der Waals surface area contributed by atoms with Gasteiger partial charge in [0.2, 0.25) is 0 Å². The quantitative estimate of drug-likeness (QED) is 0.853. The Balaban J connectivity index is 2.11. The van der Waals surface area contributed by atoms with Gasteiger partial charge in [-0.25, -0.2) is 4.79 Å². The Morgan fingerprint density at radius 3 is 2.87 bits per heavy atom. The summed E-state index contributed by atoms with van der Waals surface area (Å²) in [7, 11) is 0. The van der Waals surface area contributed by atoms with Crippen LogP contribution in [0.15, 0.2) is 24.3 Å². The van der Waals surface area contributed by atoms with E-state index in [1.165, 1.54) is 0 Å². The molecule has 1 aliphatic heterocycles. The van der Waals surface area contributed by atoms with Gasteiger partial charge in [-0.3, -0.25) is 0 Å². The molecule has 4 heteroatoms. The van der Waals surface area contributed by atoms with Crippen LogP contribution in [0, 0.1) is 3.57 Å². The van der Waals surface area contributed by atoms with E-state index in [1.54, 1.807) is 0 Å². The van der Waals surface area contributed by atoms with E-state index < -0.39 is 12.1 Å². The summed E-state index contributed by atoms with van der Waals surface area (Å²) in [6, 6.07) is 7.99. The Labute approximate surface area is 102 Å². The van der Waals surface area contributed by atoms with Gasteiger partial charge in [0.05, 0.1) is 6.10 Å². The predicted octanol–water partition coefficient (Wildman–Crippen LogP) is 2.60. The lowest BCUT2D eigenvalue weighted by atomic mass is 10.1. The van der Waals surface area contributed by atoms with Gasteiger partial charge >= 0.3 is 5.97 Å². The highest BCUT2D eigenvalue weighted by Crippen LogP contribution is 2.33. The standard InChI is InChI=1S/C11H11IO3/c12-8-3-1-2-7(6-8)9-4-5-10(15-9)11(13)14/h1-3,6,9-10H,4-5H2,(H,13,14). The Morgan fingerprint density at radius 2 is 2.27 bits per heavy atom. The lowest BCUT2D eigenvalue weighted by Crippen LogP contribution is -2.18. The van der Waals surface area contributed by atoms with Crippen molar-refractivity contribution in [3.8, 4) is 0 Å². The SMILES string of the molecule is O=C(O)C1CCC(c2cccc(I)c2)O1. The molecule has 0 aliphatic carbocycles. The van der Waals surface area contributed by atoms with Gasteiger partial charge in [0.1, 0.15) is 0 Å². The summed E-state index contributed by atoms with van der Waals surface area (Å²) in [4.78, 5) is 10.7. The molecule has 15 heavy (non-hydrogen) atoms. The number of hydrogen-bond donors (Lipinski definition) is 1. The highest BCUT2D eigenvalue weighted by Gasteiger charge is 2.31. The average molecular weight is 318 g/mol. The molecule has 1 heterocycles. The second kappa shape index (κ2) is 4.49. The van der Waals surface area contributed by atoms with Crippen molar-refractivity contribution in [3.63, 3.8) is 0 Å². The van der Waals surface area contributed by atoms with Gasteiger partial charge in [-0.2, -0.15) is 0 Å². The summed E-state index contributed by atoms with van der Waals surface area (Å²) in [5, 5.41) is 8.81. The molecule has 1 saturated heterocycles. The van der Waals surface area contributed by atoms with Crippen LogP contribution in [0.2, 0.25) is 0 Å². The summed E-state index contributed by atoms with van der Waals surface area (Å²) in [6.45, 7) is 0. The molecule has 0 spiro atoms. The van der Waals surface area contributed by atoms with Crippen molar-refractivity contribution in [2.75, 3.05) is 0 Å². The molecular formula is C11H11IO3. The maximum atomic E-state index is 10.7. The van der Waals surface area contributed by atoms with Gasteiger partial charge < -0.3 is 9.84 Å². The Morgan fingerprint density at radius 1 is 1.47 bits per heavy atom. The second-order valence-electron chi connectivity index (χ2n) is 3.58. The van der Waals surface area contributed by atoms with Crippen LogP contribution in [0.3, 0.4) is 0 Å². The minimum Gasteiger partial charge on any atom is -0.479 e. The van der Waals surface area contributed by atoms with Gasteiger partial charge in [0.25, 0.3) is 0 Å². The van der Waals surface area contributed by atoms with E-state index in [0.29, 0.717) is 6.42 Å². The molecule has 0 saturated carbocycles. The van der Waals surface area contributed by atoms with Gasteiger partial charge in [-0.1, -0.05) is 12.1 Å². The summed E-state index contributed by atoms with van der Waals surface area (Å²) in [6.07, 6.45) is 0.705. The molecular weight excluding hydrogens is 307 g/mol. The van der Waals surface area contributed by atoms with Gasteiger partial charge in [-0.15, -0.1) is 0 Å². The molecule has 2 rings (SSSR count). The number of hydrogen-bond acceptors (Lipinski definition) is 2. The summed E-state index contributed by atoms with van der Waals surface area (Å²) < 4.78 is 6.61. The largest absolute Gasteiger partial charge is 0.479 e. The molecule has 1 N–H and O–H groups in total. The van der Waals surface area contributed by atoms with E-state index in [-0.39, 0.29) is 6.10 Å². The number of carboxylic acid groups (broad SMARTS) is 1. The molecule has 0 aromatic heterocycles. The smallest absolute Gasteiger partial charge is 0.332 e. The first-order valence-electron chi connectivity index (χ1n) is 4.80. The molecule has 1 aromatic rings. The molecule has 1 fully saturated rings. The minimum atomic E-state index is -0.858. The lowest BCUT2D eigenvalue weighted by molar-refractivity contribution is -0.149. The molecule has 3 nitrogen and oxygen atoms in total. The van der Waals surface area contributed by atoms with Crippen LogP contribution < -0.4 is 0 Å². The number of aliphatic carboxylic acids is 1. The fraction of sp³-hybridized carbons (Fsp3) is 0.364. The summed E-state index contributed by atoms with van der Waals surface area (Å²) in [5.41, 5.74) is 1.07. The lowest BCUT2D eigenvalue weighted by Gasteiger charge is -2.11. The molecule has 1 aliphatic rings. The van der Waals surface area contributed by atoms with Crippen LogP contribution in [-0.4, -0.2) is 17.2 Å². The zero-order chi connectivity index (χ0) is 10.8. The monoisotopic (exact) mass is 318 g/mol. The van der Waals surface area contributed by atoms with Crippen LogP contribution in [0.5, 0.6) is 0 Å². The number of halogens is 1. The van der Waals surface area contributed by atoms with Crippen molar-refractivity contribution in [1.29, 1.82) is 0 Å². The first-order valence-corrected chi connectivity index (χ1v) is 5.88. The Bertz CT molecular complexity index is 378. The number of ether oxygens (including phenoxy) is 1. The molecule has 0 radical (unpaired) electrons. The van der Waals surface area contributed by atoms with Gasteiger partial charge in [-0.05, 0) is 53.1 Å². The highest BCUT2D eigenvalue weighted by atomic mass is 127. The van der Waals surface area contributed by atoms with Crippen molar-refractivity contribution >= 4 is 28.6 Å². The Hall–Kier alpha value is -0.620. The first kappa shape index (κ1) is 10.9. The van der Waals surface area contributed by atoms with E-state index >= 15 is 0 Å². The van der Waals surface area contributed by atoms with Crippen molar-refractivity contribution in [2.45, 2.75) is 25.0 Å². The molecule has 80 valence electrons. The summed E-state index contributed by atoms with van der Waals surface area (Å²) in [5.74, 6) is -0.858. The first-order chi connectivity index (χ1) is 7.16. The van der Waals surface area contributed by atoms with Crippen LogP contribution >= 0.6 is 22.6 Å². The van der Waals surface area contributed by atoms with Crippen molar-refractivity contribution in [2.24, 2.45) is 0 Å². The predicted molar refractivity (Wildman–Crippen MR) is 63.6 cm³/mol. The molecule has 0 bridgehead atoms. The second-order valence-corrected chi connectivity index (χ2v) is 4.83. The molecule has 0 amide bonds. The van der Waals surface area contributed by atoms with E-state index in [9.17, 15) is 4.79 Å². The highest BCUT2D eigenvalue weighted by molar-refractivity contribution is 14.1. The number of rotatable bonds is 2. The third kappa shape index (κ3) is 2.49. The zero-order valence-corrected chi connectivity index (χ0v) is 10.2. The fourth-order valence-electron chi connectivity index (χ4n) is 1.77. The third-order valence-corrected chi connectivity index (χ3v) is 3.19. The minimum absolute atomic E-state index is 0.0548. The van der Waals surface area contributed by atoms with Crippen molar-refractivity contribution < 1.29 is 14.6 Å². The van der Waals surface area contributed by atoms with Gasteiger partial charge in [0, 0.05) is 3.57 Å². The van der Waals surface area contributed by atoms with E-state index in [2.05, 4.69) is 22.6 Å².